The molecule has 0 unspecified atom stereocenters. The van der Waals surface area contributed by atoms with Gasteiger partial charge in [-0.1, -0.05) is 26.7 Å². The van der Waals surface area contributed by atoms with Gasteiger partial charge in [-0.3, -0.25) is 0 Å². The minimum absolute atomic E-state index is 0.204. The summed E-state index contributed by atoms with van der Waals surface area (Å²) < 4.78 is 0. The van der Waals surface area contributed by atoms with Crippen LogP contribution in [0.5, 0.6) is 0 Å². The highest BCUT2D eigenvalue weighted by molar-refractivity contribution is 4.65. The van der Waals surface area contributed by atoms with E-state index in [0.29, 0.717) is 0 Å². The first-order valence-corrected chi connectivity index (χ1v) is 4.01. The van der Waals surface area contributed by atoms with Crippen LogP contribution in [0.15, 0.2) is 0 Å². The van der Waals surface area contributed by atoms with Crippen LogP contribution in [-0.2, 0) is 0 Å². The van der Waals surface area contributed by atoms with Gasteiger partial charge in [0, 0.05) is 13.2 Å². The molecule has 62 valence electrons. The van der Waals surface area contributed by atoms with E-state index in [1.165, 1.54) is 0 Å². The maximum absolute atomic E-state index is 8.85. The topological polar surface area (TPSA) is 40.5 Å². The van der Waals surface area contributed by atoms with E-state index in [-0.39, 0.29) is 25.0 Å². The molecule has 0 saturated carbocycles. The van der Waals surface area contributed by atoms with Gasteiger partial charge in [-0.25, -0.2) is 0 Å². The van der Waals surface area contributed by atoms with Crippen molar-refractivity contribution in [2.75, 3.05) is 13.2 Å². The molecule has 0 fully saturated rings. The lowest BCUT2D eigenvalue weighted by atomic mass is 9.89. The molecule has 10 heavy (non-hydrogen) atoms. The smallest absolute Gasteiger partial charge is 0.0462 e. The molecule has 2 nitrogen and oxygen atoms in total. The molecule has 2 atom stereocenters. The molecule has 0 heterocycles. The van der Waals surface area contributed by atoms with Gasteiger partial charge in [-0.05, 0) is 11.8 Å². The van der Waals surface area contributed by atoms with E-state index in [0.717, 1.165) is 12.8 Å². The number of aliphatic hydroxyl groups excluding tert-OH is 2. The second-order valence-corrected chi connectivity index (χ2v) is 2.70. The van der Waals surface area contributed by atoms with Crippen LogP contribution in [-0.4, -0.2) is 23.4 Å². The first kappa shape index (κ1) is 9.92. The largest absolute Gasteiger partial charge is 0.396 e. The van der Waals surface area contributed by atoms with Crippen LogP contribution in [0, 0.1) is 11.8 Å². The van der Waals surface area contributed by atoms with Crippen molar-refractivity contribution in [3.05, 3.63) is 0 Å². The first-order valence-electron chi connectivity index (χ1n) is 4.01. The van der Waals surface area contributed by atoms with Crippen LogP contribution >= 0.6 is 0 Å². The first-order chi connectivity index (χ1) is 4.79. The Kier molecular flexibility index (Phi) is 5.64. The molecular formula is C8H18O2. The Bertz CT molecular complexity index is 55.7. The molecule has 2 N–H and O–H groups in total. The van der Waals surface area contributed by atoms with Crippen molar-refractivity contribution >= 4 is 0 Å². The highest BCUT2D eigenvalue weighted by Gasteiger charge is 2.15. The van der Waals surface area contributed by atoms with Gasteiger partial charge in [0.25, 0.3) is 0 Å². The van der Waals surface area contributed by atoms with Crippen molar-refractivity contribution < 1.29 is 10.2 Å². The molecule has 0 aliphatic carbocycles. The number of hydrogen-bond donors (Lipinski definition) is 2. The van der Waals surface area contributed by atoms with Crippen molar-refractivity contribution in [2.24, 2.45) is 11.8 Å². The zero-order valence-corrected chi connectivity index (χ0v) is 6.88. The third-order valence-corrected chi connectivity index (χ3v) is 2.18. The number of rotatable bonds is 5. The molecule has 0 saturated heterocycles. The summed E-state index contributed by atoms with van der Waals surface area (Å²) in [6.45, 7) is 4.49. The van der Waals surface area contributed by atoms with E-state index < -0.39 is 0 Å². The third-order valence-electron chi connectivity index (χ3n) is 2.18. The lowest BCUT2D eigenvalue weighted by Gasteiger charge is -2.20. The monoisotopic (exact) mass is 146 g/mol. The highest BCUT2D eigenvalue weighted by Crippen LogP contribution is 2.17. The molecule has 0 aromatic heterocycles. The fourth-order valence-electron chi connectivity index (χ4n) is 1.22. The predicted octanol–water partition coefficient (Wildman–Crippen LogP) is 1.02. The SMILES string of the molecule is CC[C@H](CO)[C@@H](CC)CO. The second kappa shape index (κ2) is 5.69. The van der Waals surface area contributed by atoms with E-state index in [4.69, 9.17) is 10.2 Å². The maximum Gasteiger partial charge on any atom is 0.0462 e. The normalized spacial score (nSPS) is 16.8. The van der Waals surface area contributed by atoms with E-state index in [9.17, 15) is 0 Å². The van der Waals surface area contributed by atoms with E-state index in [1.807, 2.05) is 13.8 Å². The Hall–Kier alpha value is -0.0800. The van der Waals surface area contributed by atoms with Gasteiger partial charge in [0.2, 0.25) is 0 Å². The molecule has 0 aromatic rings. The molecular weight excluding hydrogens is 128 g/mol. The van der Waals surface area contributed by atoms with Crippen molar-refractivity contribution in [2.45, 2.75) is 26.7 Å². The Balaban J connectivity index is 3.70. The molecule has 0 aromatic carbocycles. The standard InChI is InChI=1S/C8H18O2/c1-3-7(5-9)8(4-2)6-10/h7-10H,3-6H2,1-2H3/t7-,8+. The van der Waals surface area contributed by atoms with Crippen molar-refractivity contribution in [1.82, 2.24) is 0 Å². The third kappa shape index (κ3) is 2.67. The zero-order valence-electron chi connectivity index (χ0n) is 6.88. The summed E-state index contributed by atoms with van der Waals surface area (Å²) >= 11 is 0. The van der Waals surface area contributed by atoms with Crippen LogP contribution in [0.25, 0.3) is 0 Å². The number of aliphatic hydroxyl groups is 2. The summed E-state index contributed by atoms with van der Waals surface area (Å²) in [6, 6.07) is 0. The van der Waals surface area contributed by atoms with Gasteiger partial charge >= 0.3 is 0 Å². The quantitative estimate of drug-likeness (QED) is 0.608. The van der Waals surface area contributed by atoms with Gasteiger partial charge in [0.15, 0.2) is 0 Å². The minimum atomic E-state index is 0.204. The lowest BCUT2D eigenvalue weighted by molar-refractivity contribution is 0.114. The second-order valence-electron chi connectivity index (χ2n) is 2.70. The lowest BCUT2D eigenvalue weighted by Crippen LogP contribution is -2.20. The molecule has 0 aliphatic rings. The van der Waals surface area contributed by atoms with E-state index in [2.05, 4.69) is 0 Å². The van der Waals surface area contributed by atoms with Crippen molar-refractivity contribution in [3.63, 3.8) is 0 Å². The van der Waals surface area contributed by atoms with Crippen LogP contribution < -0.4 is 0 Å². The van der Waals surface area contributed by atoms with Crippen LogP contribution in [0.1, 0.15) is 26.7 Å². The van der Waals surface area contributed by atoms with Gasteiger partial charge in [-0.2, -0.15) is 0 Å². The molecule has 0 bridgehead atoms. The van der Waals surface area contributed by atoms with Crippen LogP contribution in [0.4, 0.5) is 0 Å². The average molecular weight is 146 g/mol. The van der Waals surface area contributed by atoms with Gasteiger partial charge in [0.05, 0.1) is 0 Å². The molecule has 0 radical (unpaired) electrons. The summed E-state index contributed by atoms with van der Waals surface area (Å²) in [5.41, 5.74) is 0. The fraction of sp³-hybridized carbons (Fsp3) is 1.00. The van der Waals surface area contributed by atoms with Crippen LogP contribution in [0.3, 0.4) is 0 Å². The maximum atomic E-state index is 8.85. The average Bonchev–Trinajstić information content (AvgIpc) is 2.00. The highest BCUT2D eigenvalue weighted by atomic mass is 16.3. The Morgan fingerprint density at radius 1 is 0.900 bits per heavy atom. The van der Waals surface area contributed by atoms with Gasteiger partial charge in [-0.15, -0.1) is 0 Å². The van der Waals surface area contributed by atoms with E-state index in [1.54, 1.807) is 0 Å². The molecule has 0 aliphatic heterocycles. The fourth-order valence-corrected chi connectivity index (χ4v) is 1.22. The van der Waals surface area contributed by atoms with Crippen molar-refractivity contribution in [3.8, 4) is 0 Å². The Morgan fingerprint density at radius 2 is 1.20 bits per heavy atom. The summed E-state index contributed by atoms with van der Waals surface area (Å²) in [6.07, 6.45) is 1.91. The van der Waals surface area contributed by atoms with E-state index >= 15 is 0 Å². The molecule has 0 rings (SSSR count). The van der Waals surface area contributed by atoms with Gasteiger partial charge in [0.1, 0.15) is 0 Å². The van der Waals surface area contributed by atoms with Gasteiger partial charge < -0.3 is 10.2 Å². The van der Waals surface area contributed by atoms with Crippen molar-refractivity contribution in [1.29, 1.82) is 0 Å². The Labute approximate surface area is 62.9 Å². The summed E-state index contributed by atoms with van der Waals surface area (Å²) in [5, 5.41) is 17.7. The Morgan fingerprint density at radius 3 is 1.30 bits per heavy atom. The molecule has 2 heteroatoms. The summed E-state index contributed by atoms with van der Waals surface area (Å²) in [5.74, 6) is 0.574. The molecule has 0 amide bonds. The predicted molar refractivity (Wildman–Crippen MR) is 41.7 cm³/mol. The number of hydrogen-bond acceptors (Lipinski definition) is 2. The minimum Gasteiger partial charge on any atom is -0.396 e. The summed E-state index contributed by atoms with van der Waals surface area (Å²) in [4.78, 5) is 0. The summed E-state index contributed by atoms with van der Waals surface area (Å²) in [7, 11) is 0. The zero-order chi connectivity index (χ0) is 7.98. The molecule has 0 spiro atoms. The van der Waals surface area contributed by atoms with Crippen LogP contribution in [0.2, 0.25) is 0 Å².